The summed E-state index contributed by atoms with van der Waals surface area (Å²) in [4.78, 5) is 2.37. The number of likely N-dealkylation sites (tertiary alicyclic amines) is 1. The summed E-state index contributed by atoms with van der Waals surface area (Å²) in [6.07, 6.45) is 3.38. The molecule has 1 aliphatic rings. The first-order valence-electron chi connectivity index (χ1n) is 5.75. The maximum absolute atomic E-state index is 9.78. The number of hydrogen-bond acceptors (Lipinski definition) is 4. The number of rotatable bonds is 5. The molecule has 4 nitrogen and oxygen atoms in total. The van der Waals surface area contributed by atoms with Crippen molar-refractivity contribution in [1.82, 2.24) is 4.90 Å². The van der Waals surface area contributed by atoms with Gasteiger partial charge in [-0.25, -0.2) is 0 Å². The second kappa shape index (κ2) is 5.80. The standard InChI is InChI=1S/C11H24N2O2/c1-11(14,9-12)5-8-13-6-3-10(15-2)4-7-13/h10,14H,3-9,12H2,1-2H3. The third-order valence-corrected chi connectivity index (χ3v) is 3.27. The van der Waals surface area contributed by atoms with E-state index in [0.29, 0.717) is 12.6 Å². The molecular weight excluding hydrogens is 192 g/mol. The summed E-state index contributed by atoms with van der Waals surface area (Å²) in [5.41, 5.74) is 4.77. The van der Waals surface area contributed by atoms with Crippen LogP contribution in [0.25, 0.3) is 0 Å². The van der Waals surface area contributed by atoms with Gasteiger partial charge in [-0.15, -0.1) is 0 Å². The van der Waals surface area contributed by atoms with Crippen molar-refractivity contribution < 1.29 is 9.84 Å². The molecule has 1 heterocycles. The summed E-state index contributed by atoms with van der Waals surface area (Å²) in [6, 6.07) is 0. The van der Waals surface area contributed by atoms with Gasteiger partial charge >= 0.3 is 0 Å². The third kappa shape index (κ3) is 4.47. The first-order chi connectivity index (χ1) is 7.07. The molecule has 0 aromatic carbocycles. The average Bonchev–Trinajstić information content (AvgIpc) is 2.27. The number of nitrogens with zero attached hydrogens (tertiary/aromatic N) is 1. The number of hydrogen-bond donors (Lipinski definition) is 2. The van der Waals surface area contributed by atoms with Crippen LogP contribution < -0.4 is 5.73 Å². The van der Waals surface area contributed by atoms with E-state index in [2.05, 4.69) is 4.90 Å². The van der Waals surface area contributed by atoms with Gasteiger partial charge in [0.15, 0.2) is 0 Å². The smallest absolute Gasteiger partial charge is 0.0753 e. The summed E-state index contributed by atoms with van der Waals surface area (Å²) in [5, 5.41) is 9.78. The van der Waals surface area contributed by atoms with Gasteiger partial charge in [0.2, 0.25) is 0 Å². The van der Waals surface area contributed by atoms with E-state index in [1.165, 1.54) is 0 Å². The normalized spacial score (nSPS) is 24.0. The van der Waals surface area contributed by atoms with Gasteiger partial charge in [-0.2, -0.15) is 0 Å². The highest BCUT2D eigenvalue weighted by atomic mass is 16.5. The quantitative estimate of drug-likeness (QED) is 0.689. The van der Waals surface area contributed by atoms with Crippen LogP contribution in [0, 0.1) is 0 Å². The molecule has 15 heavy (non-hydrogen) atoms. The summed E-state index contributed by atoms with van der Waals surface area (Å²) in [7, 11) is 1.78. The topological polar surface area (TPSA) is 58.7 Å². The Kier molecular flexibility index (Phi) is 4.99. The van der Waals surface area contributed by atoms with E-state index >= 15 is 0 Å². The fourth-order valence-electron chi connectivity index (χ4n) is 1.87. The lowest BCUT2D eigenvalue weighted by Gasteiger charge is -2.33. The average molecular weight is 216 g/mol. The monoisotopic (exact) mass is 216 g/mol. The Morgan fingerprint density at radius 1 is 1.47 bits per heavy atom. The van der Waals surface area contributed by atoms with E-state index in [1.807, 2.05) is 0 Å². The van der Waals surface area contributed by atoms with E-state index in [1.54, 1.807) is 14.0 Å². The highest BCUT2D eigenvalue weighted by Crippen LogP contribution is 2.15. The molecule has 4 heteroatoms. The maximum atomic E-state index is 9.78. The summed E-state index contributed by atoms with van der Waals surface area (Å²) in [6.45, 7) is 5.20. The van der Waals surface area contributed by atoms with Crippen molar-refractivity contribution in [1.29, 1.82) is 0 Å². The molecular formula is C11H24N2O2. The lowest BCUT2D eigenvalue weighted by Crippen LogP contribution is -2.42. The fourth-order valence-corrected chi connectivity index (χ4v) is 1.87. The van der Waals surface area contributed by atoms with Gasteiger partial charge in [-0.3, -0.25) is 0 Å². The number of ether oxygens (including phenoxy) is 1. The van der Waals surface area contributed by atoms with Crippen molar-refractivity contribution in [3.05, 3.63) is 0 Å². The fraction of sp³-hybridized carbons (Fsp3) is 1.00. The SMILES string of the molecule is COC1CCN(CCC(C)(O)CN)CC1. The largest absolute Gasteiger partial charge is 0.389 e. The minimum Gasteiger partial charge on any atom is -0.389 e. The molecule has 0 radical (unpaired) electrons. The Morgan fingerprint density at radius 3 is 2.53 bits per heavy atom. The van der Waals surface area contributed by atoms with Gasteiger partial charge in [-0.1, -0.05) is 0 Å². The van der Waals surface area contributed by atoms with Gasteiger partial charge in [-0.05, 0) is 26.2 Å². The van der Waals surface area contributed by atoms with Gasteiger partial charge < -0.3 is 20.5 Å². The van der Waals surface area contributed by atoms with Crippen molar-refractivity contribution in [3.63, 3.8) is 0 Å². The molecule has 1 atom stereocenters. The van der Waals surface area contributed by atoms with Crippen LogP contribution in [0.4, 0.5) is 0 Å². The zero-order valence-electron chi connectivity index (χ0n) is 9.91. The summed E-state index contributed by atoms with van der Waals surface area (Å²) >= 11 is 0. The van der Waals surface area contributed by atoms with Crippen LogP contribution in [0.3, 0.4) is 0 Å². The first-order valence-corrected chi connectivity index (χ1v) is 5.75. The first kappa shape index (κ1) is 12.9. The zero-order chi connectivity index (χ0) is 11.3. The zero-order valence-corrected chi connectivity index (χ0v) is 9.91. The molecule has 0 aromatic rings. The molecule has 1 saturated heterocycles. The lowest BCUT2D eigenvalue weighted by molar-refractivity contribution is 0.0197. The maximum Gasteiger partial charge on any atom is 0.0753 e. The molecule has 0 aliphatic carbocycles. The van der Waals surface area contributed by atoms with Crippen LogP contribution >= 0.6 is 0 Å². The molecule has 1 unspecified atom stereocenters. The Labute approximate surface area is 92.4 Å². The Hall–Kier alpha value is -0.160. The van der Waals surface area contributed by atoms with E-state index < -0.39 is 5.60 Å². The molecule has 1 rings (SSSR count). The van der Waals surface area contributed by atoms with E-state index in [9.17, 15) is 5.11 Å². The second-order valence-electron chi connectivity index (χ2n) is 4.73. The van der Waals surface area contributed by atoms with Gasteiger partial charge in [0, 0.05) is 33.3 Å². The molecule has 1 aliphatic heterocycles. The predicted octanol–water partition coefficient (Wildman–Crippen LogP) is 0.197. The highest BCUT2D eigenvalue weighted by molar-refractivity contribution is 4.78. The molecule has 0 saturated carbocycles. The van der Waals surface area contributed by atoms with Crippen LogP contribution in [-0.4, -0.2) is 55.0 Å². The Morgan fingerprint density at radius 2 is 2.07 bits per heavy atom. The third-order valence-electron chi connectivity index (χ3n) is 3.27. The minimum absolute atomic E-state index is 0.335. The molecule has 0 amide bonds. The second-order valence-corrected chi connectivity index (χ2v) is 4.73. The number of nitrogens with two attached hydrogens (primary N) is 1. The van der Waals surface area contributed by atoms with E-state index in [0.717, 1.165) is 38.9 Å². The van der Waals surface area contributed by atoms with E-state index in [-0.39, 0.29) is 0 Å². The predicted molar refractivity (Wildman–Crippen MR) is 60.8 cm³/mol. The number of aliphatic hydroxyl groups is 1. The molecule has 0 aromatic heterocycles. The Bertz CT molecular complexity index is 177. The Balaban J connectivity index is 2.19. The summed E-state index contributed by atoms with van der Waals surface area (Å²) in [5.74, 6) is 0. The minimum atomic E-state index is -0.710. The van der Waals surface area contributed by atoms with Crippen LogP contribution in [0.15, 0.2) is 0 Å². The van der Waals surface area contributed by atoms with Crippen molar-refractivity contribution in [2.75, 3.05) is 33.3 Å². The number of methoxy groups -OCH3 is 1. The highest BCUT2D eigenvalue weighted by Gasteiger charge is 2.22. The van der Waals surface area contributed by atoms with Crippen LogP contribution in [0.5, 0.6) is 0 Å². The molecule has 90 valence electrons. The van der Waals surface area contributed by atoms with Crippen molar-refractivity contribution in [3.8, 4) is 0 Å². The van der Waals surface area contributed by atoms with Crippen molar-refractivity contribution in [2.45, 2.75) is 37.9 Å². The van der Waals surface area contributed by atoms with Crippen molar-refractivity contribution >= 4 is 0 Å². The van der Waals surface area contributed by atoms with Gasteiger partial charge in [0.05, 0.1) is 11.7 Å². The van der Waals surface area contributed by atoms with Crippen LogP contribution in [0.2, 0.25) is 0 Å². The van der Waals surface area contributed by atoms with Gasteiger partial charge in [0.25, 0.3) is 0 Å². The van der Waals surface area contributed by atoms with E-state index in [4.69, 9.17) is 10.5 Å². The number of piperidine rings is 1. The molecule has 0 bridgehead atoms. The summed E-state index contributed by atoms with van der Waals surface area (Å²) < 4.78 is 5.31. The van der Waals surface area contributed by atoms with Crippen LogP contribution in [0.1, 0.15) is 26.2 Å². The van der Waals surface area contributed by atoms with Crippen LogP contribution in [-0.2, 0) is 4.74 Å². The van der Waals surface area contributed by atoms with Gasteiger partial charge in [0.1, 0.15) is 0 Å². The molecule has 3 N–H and O–H groups in total. The molecule has 1 fully saturated rings. The molecule has 0 spiro atoms. The van der Waals surface area contributed by atoms with Crippen molar-refractivity contribution in [2.24, 2.45) is 5.73 Å². The lowest BCUT2D eigenvalue weighted by atomic mass is 10.0.